The largest absolute Gasteiger partial charge is 0.497 e. The molecule has 0 aliphatic carbocycles. The maximum absolute atomic E-state index is 12.6. The number of methoxy groups -OCH3 is 1. The molecule has 0 aliphatic heterocycles. The van der Waals surface area contributed by atoms with Gasteiger partial charge in [0.2, 0.25) is 5.82 Å². The van der Waals surface area contributed by atoms with Crippen molar-refractivity contribution in [2.45, 2.75) is 19.1 Å². The van der Waals surface area contributed by atoms with Gasteiger partial charge < -0.3 is 19.3 Å². The van der Waals surface area contributed by atoms with Gasteiger partial charge in [-0.05, 0) is 42.7 Å². The van der Waals surface area contributed by atoms with Crippen LogP contribution in [0.2, 0.25) is 5.02 Å². The second-order valence-corrected chi connectivity index (χ2v) is 8.03. The van der Waals surface area contributed by atoms with Crippen molar-refractivity contribution in [2.24, 2.45) is 0 Å². The zero-order valence-corrected chi connectivity index (χ0v) is 19.1. The average molecular weight is 476 g/mol. The quantitative estimate of drug-likeness (QED) is 0.439. The minimum atomic E-state index is -0.841. The summed E-state index contributed by atoms with van der Waals surface area (Å²) in [5, 5.41) is 6.91. The number of benzene rings is 2. The summed E-state index contributed by atoms with van der Waals surface area (Å²) in [6.45, 7) is -0.215. The third-order valence-corrected chi connectivity index (χ3v) is 5.43. The van der Waals surface area contributed by atoms with Crippen molar-refractivity contribution in [1.29, 1.82) is 0 Å². The average Bonchev–Trinajstić information content (AvgIpc) is 3.29. The molecule has 2 aromatic carbocycles. The minimum absolute atomic E-state index is 0.136. The molecule has 0 bridgehead atoms. The maximum Gasteiger partial charge on any atom is 0.329 e. The summed E-state index contributed by atoms with van der Waals surface area (Å²) in [7, 11) is 1.57. The summed E-state index contributed by atoms with van der Waals surface area (Å²) in [5.41, 5.74) is 0.992. The van der Waals surface area contributed by atoms with E-state index in [0.29, 0.717) is 34.3 Å². The Bertz CT molecular complexity index is 1070. The Hall–Kier alpha value is -3.04. The van der Waals surface area contributed by atoms with Crippen LogP contribution in [0.5, 0.6) is 5.75 Å². The lowest BCUT2D eigenvalue weighted by atomic mass is 10.1. The third kappa shape index (κ3) is 6.24. The SMILES string of the molecule is COc1cccc(-c2noc(COC(=O)C(CCSC)NC(=O)c3ccccc3Cl)n2)c1. The minimum Gasteiger partial charge on any atom is -0.497 e. The fraction of sp³-hybridized carbons (Fsp3) is 0.273. The van der Waals surface area contributed by atoms with E-state index in [0.717, 1.165) is 0 Å². The lowest BCUT2D eigenvalue weighted by Crippen LogP contribution is -2.42. The fourth-order valence-corrected chi connectivity index (χ4v) is 3.49. The molecule has 0 radical (unpaired) electrons. The van der Waals surface area contributed by atoms with Crippen LogP contribution < -0.4 is 10.1 Å². The van der Waals surface area contributed by atoms with Crippen LogP contribution in [0.15, 0.2) is 53.1 Å². The molecule has 0 saturated heterocycles. The molecule has 168 valence electrons. The Morgan fingerprint density at radius 3 is 2.78 bits per heavy atom. The highest BCUT2D eigenvalue weighted by atomic mass is 35.5. The molecule has 3 rings (SSSR count). The van der Waals surface area contributed by atoms with E-state index in [-0.39, 0.29) is 18.1 Å². The van der Waals surface area contributed by atoms with E-state index < -0.39 is 17.9 Å². The zero-order chi connectivity index (χ0) is 22.9. The van der Waals surface area contributed by atoms with Gasteiger partial charge in [-0.3, -0.25) is 4.79 Å². The van der Waals surface area contributed by atoms with Crippen molar-refractivity contribution >= 4 is 35.2 Å². The van der Waals surface area contributed by atoms with Gasteiger partial charge in [0, 0.05) is 5.56 Å². The lowest BCUT2D eigenvalue weighted by molar-refractivity contribution is -0.148. The van der Waals surface area contributed by atoms with Crippen LogP contribution in [-0.4, -0.2) is 47.2 Å². The molecule has 1 amide bonds. The second-order valence-electron chi connectivity index (χ2n) is 6.64. The number of carbonyl (C=O) groups excluding carboxylic acids is 2. The Morgan fingerprint density at radius 1 is 1.22 bits per heavy atom. The van der Waals surface area contributed by atoms with Crippen molar-refractivity contribution in [3.05, 3.63) is 65.0 Å². The van der Waals surface area contributed by atoms with Gasteiger partial charge in [0.05, 0.1) is 17.7 Å². The maximum atomic E-state index is 12.6. The van der Waals surface area contributed by atoms with E-state index in [4.69, 9.17) is 25.6 Å². The first kappa shape index (κ1) is 23.6. The van der Waals surface area contributed by atoms with E-state index >= 15 is 0 Å². The van der Waals surface area contributed by atoms with Crippen LogP contribution in [0.25, 0.3) is 11.4 Å². The standard InChI is InChI=1S/C22H22ClN3O5S/c1-29-15-7-5-6-14(12-15)20-25-19(31-26-20)13-30-22(28)18(10-11-32-2)24-21(27)16-8-3-4-9-17(16)23/h3-9,12,18H,10-11,13H2,1-2H3,(H,24,27). The van der Waals surface area contributed by atoms with Crippen LogP contribution in [0.4, 0.5) is 0 Å². The number of nitrogens with one attached hydrogen (secondary N) is 1. The van der Waals surface area contributed by atoms with Crippen LogP contribution in [-0.2, 0) is 16.1 Å². The Balaban J connectivity index is 1.63. The Morgan fingerprint density at radius 2 is 2.03 bits per heavy atom. The van der Waals surface area contributed by atoms with Gasteiger partial charge in [-0.25, -0.2) is 4.79 Å². The van der Waals surface area contributed by atoms with Crippen molar-refractivity contribution in [3.63, 3.8) is 0 Å². The molecule has 0 saturated carbocycles. The molecular formula is C22H22ClN3O5S. The molecule has 0 spiro atoms. The number of aromatic nitrogens is 2. The predicted molar refractivity (Wildman–Crippen MR) is 122 cm³/mol. The van der Waals surface area contributed by atoms with Gasteiger partial charge in [-0.1, -0.05) is 41.0 Å². The molecule has 1 unspecified atom stereocenters. The van der Waals surface area contributed by atoms with Crippen LogP contribution in [0, 0.1) is 0 Å². The Labute approximate surface area is 194 Å². The van der Waals surface area contributed by atoms with Gasteiger partial charge >= 0.3 is 5.97 Å². The molecule has 8 nitrogen and oxygen atoms in total. The highest BCUT2D eigenvalue weighted by Gasteiger charge is 2.24. The summed E-state index contributed by atoms with van der Waals surface area (Å²) in [5.74, 6) is 0.755. The third-order valence-electron chi connectivity index (χ3n) is 4.45. The zero-order valence-electron chi connectivity index (χ0n) is 17.5. The number of nitrogens with zero attached hydrogens (tertiary/aromatic N) is 2. The number of amides is 1. The van der Waals surface area contributed by atoms with Crippen molar-refractivity contribution in [2.75, 3.05) is 19.1 Å². The van der Waals surface area contributed by atoms with Crippen molar-refractivity contribution in [1.82, 2.24) is 15.5 Å². The van der Waals surface area contributed by atoms with Gasteiger partial charge in [0.25, 0.3) is 11.8 Å². The highest BCUT2D eigenvalue weighted by molar-refractivity contribution is 7.98. The van der Waals surface area contributed by atoms with Gasteiger partial charge in [0.1, 0.15) is 11.8 Å². The smallest absolute Gasteiger partial charge is 0.329 e. The number of esters is 1. The first-order valence-electron chi connectivity index (χ1n) is 9.69. The van der Waals surface area contributed by atoms with Gasteiger partial charge in [-0.2, -0.15) is 16.7 Å². The van der Waals surface area contributed by atoms with Crippen LogP contribution in [0.1, 0.15) is 22.7 Å². The molecule has 1 aromatic heterocycles. The van der Waals surface area contributed by atoms with E-state index in [9.17, 15) is 9.59 Å². The summed E-state index contributed by atoms with van der Waals surface area (Å²) in [6.07, 6.45) is 2.31. The molecular weight excluding hydrogens is 454 g/mol. The van der Waals surface area contributed by atoms with Crippen molar-refractivity contribution < 1.29 is 23.6 Å². The first-order chi connectivity index (χ1) is 15.5. The summed E-state index contributed by atoms with van der Waals surface area (Å²) in [4.78, 5) is 29.5. The monoisotopic (exact) mass is 475 g/mol. The van der Waals surface area contributed by atoms with Gasteiger partial charge in [-0.15, -0.1) is 0 Å². The van der Waals surface area contributed by atoms with Crippen LogP contribution >= 0.6 is 23.4 Å². The molecule has 1 N–H and O–H groups in total. The number of hydrogen-bond acceptors (Lipinski definition) is 8. The van der Waals surface area contributed by atoms with E-state index in [2.05, 4.69) is 15.5 Å². The number of ether oxygens (including phenoxy) is 2. The number of carbonyl (C=O) groups is 2. The topological polar surface area (TPSA) is 104 Å². The predicted octanol–water partition coefficient (Wildman–Crippen LogP) is 3.99. The van der Waals surface area contributed by atoms with E-state index in [1.807, 2.05) is 18.4 Å². The molecule has 0 aliphatic rings. The molecule has 10 heteroatoms. The number of rotatable bonds is 10. The summed E-state index contributed by atoms with van der Waals surface area (Å²) >= 11 is 7.64. The molecule has 32 heavy (non-hydrogen) atoms. The molecule has 1 atom stereocenters. The van der Waals surface area contributed by atoms with E-state index in [1.165, 1.54) is 0 Å². The van der Waals surface area contributed by atoms with E-state index in [1.54, 1.807) is 55.3 Å². The molecule has 3 aromatic rings. The first-order valence-corrected chi connectivity index (χ1v) is 11.5. The van der Waals surface area contributed by atoms with Gasteiger partial charge in [0.15, 0.2) is 6.61 Å². The number of hydrogen-bond donors (Lipinski definition) is 1. The number of thioether (sulfide) groups is 1. The number of halogens is 1. The molecule has 0 fully saturated rings. The Kier molecular flexibility index (Phi) is 8.52. The van der Waals surface area contributed by atoms with Crippen molar-refractivity contribution in [3.8, 4) is 17.1 Å². The highest BCUT2D eigenvalue weighted by Crippen LogP contribution is 2.21. The lowest BCUT2D eigenvalue weighted by Gasteiger charge is -2.17. The normalized spacial score (nSPS) is 11.6. The van der Waals surface area contributed by atoms with Crippen LogP contribution in [0.3, 0.4) is 0 Å². The fourth-order valence-electron chi connectivity index (χ4n) is 2.79. The summed E-state index contributed by atoms with van der Waals surface area (Å²) in [6, 6.07) is 13.0. The summed E-state index contributed by atoms with van der Waals surface area (Å²) < 4.78 is 15.7. The molecule has 1 heterocycles. The second kappa shape index (κ2) is 11.5.